The lowest BCUT2D eigenvalue weighted by molar-refractivity contribution is 0.154. The minimum absolute atomic E-state index is 0.178. The Labute approximate surface area is 145 Å². The normalized spacial score (nSPS) is 17.4. The monoisotopic (exact) mass is 345 g/mol. The van der Waals surface area contributed by atoms with Crippen LogP contribution < -0.4 is 21.1 Å². The molecule has 4 N–H and O–H groups in total. The number of nitrogens with zero attached hydrogens (tertiary/aromatic N) is 4. The highest BCUT2D eigenvalue weighted by Gasteiger charge is 2.19. The molecule has 1 saturated heterocycles. The number of hydrogen-bond acceptors (Lipinski definition) is 8. The molecule has 9 nitrogen and oxygen atoms in total. The number of nitrogens with one attached hydrogen (secondary N) is 3. The molecule has 2 aromatic rings. The third-order valence-corrected chi connectivity index (χ3v) is 3.93. The van der Waals surface area contributed by atoms with Crippen LogP contribution in [-0.4, -0.2) is 57.3 Å². The zero-order valence-corrected chi connectivity index (χ0v) is 14.2. The van der Waals surface area contributed by atoms with E-state index in [-0.39, 0.29) is 11.7 Å². The van der Waals surface area contributed by atoms with Crippen LogP contribution in [0.3, 0.4) is 0 Å². The molecule has 0 amide bonds. The first-order valence-corrected chi connectivity index (χ1v) is 8.42. The fourth-order valence-electron chi connectivity index (χ4n) is 2.79. The maximum Gasteiger partial charge on any atom is 0.252 e. The maximum absolute atomic E-state index is 11.4. The van der Waals surface area contributed by atoms with E-state index >= 15 is 0 Å². The number of aromatic nitrogens is 4. The van der Waals surface area contributed by atoms with Crippen LogP contribution in [0.4, 0.5) is 17.7 Å². The molecule has 2 aromatic heterocycles. The summed E-state index contributed by atoms with van der Waals surface area (Å²) in [6.07, 6.45) is 3.21. The van der Waals surface area contributed by atoms with Gasteiger partial charge in [0.25, 0.3) is 5.56 Å². The Bertz CT molecular complexity index is 764. The van der Waals surface area contributed by atoms with Gasteiger partial charge in [-0.3, -0.25) is 9.78 Å². The summed E-state index contributed by atoms with van der Waals surface area (Å²) in [6, 6.07) is 3.29. The van der Waals surface area contributed by atoms with Crippen molar-refractivity contribution in [2.75, 3.05) is 41.7 Å². The van der Waals surface area contributed by atoms with Crippen LogP contribution >= 0.6 is 0 Å². The van der Waals surface area contributed by atoms with Crippen molar-refractivity contribution in [1.82, 2.24) is 19.9 Å². The number of H-pyrrole nitrogens is 1. The van der Waals surface area contributed by atoms with E-state index in [0.29, 0.717) is 37.2 Å². The second-order valence-corrected chi connectivity index (χ2v) is 6.07. The third kappa shape index (κ3) is 4.90. The van der Waals surface area contributed by atoms with Gasteiger partial charge in [-0.15, -0.1) is 0 Å². The summed E-state index contributed by atoms with van der Waals surface area (Å²) in [7, 11) is 0. The predicted octanol–water partition coefficient (Wildman–Crippen LogP) is 0.353. The van der Waals surface area contributed by atoms with E-state index in [9.17, 15) is 9.90 Å². The number of piperidine rings is 1. The standard InChI is InChI=1S/C16H23N7O2/c1-11-9-14(25)22-16(20-11)19-7-6-18-15-17-5-4-13(21-15)23-8-2-3-12(24)10-23/h4-5,9,12,24H,2-3,6-8,10H2,1H3,(H,17,18,21)(H2,19,20,22,25). The molecule has 1 aliphatic heterocycles. The molecule has 0 aliphatic carbocycles. The molecule has 25 heavy (non-hydrogen) atoms. The van der Waals surface area contributed by atoms with E-state index < -0.39 is 0 Å². The van der Waals surface area contributed by atoms with Gasteiger partial charge < -0.3 is 20.6 Å². The number of rotatable bonds is 6. The van der Waals surface area contributed by atoms with Crippen molar-refractivity contribution in [3.05, 3.63) is 34.4 Å². The van der Waals surface area contributed by atoms with E-state index in [0.717, 1.165) is 25.2 Å². The van der Waals surface area contributed by atoms with Gasteiger partial charge in [0.2, 0.25) is 11.9 Å². The highest BCUT2D eigenvalue weighted by molar-refractivity contribution is 5.43. The van der Waals surface area contributed by atoms with Crippen LogP contribution in [0.2, 0.25) is 0 Å². The summed E-state index contributed by atoms with van der Waals surface area (Å²) in [6.45, 7) is 4.40. The van der Waals surface area contributed by atoms with Gasteiger partial charge in [-0.05, 0) is 25.8 Å². The average Bonchev–Trinajstić information content (AvgIpc) is 2.58. The largest absolute Gasteiger partial charge is 0.391 e. The zero-order valence-electron chi connectivity index (χ0n) is 14.2. The van der Waals surface area contributed by atoms with E-state index in [1.54, 1.807) is 13.1 Å². The molecule has 0 spiro atoms. The lowest BCUT2D eigenvalue weighted by Crippen LogP contribution is -2.38. The summed E-state index contributed by atoms with van der Waals surface area (Å²) >= 11 is 0. The van der Waals surface area contributed by atoms with Gasteiger partial charge in [0.15, 0.2) is 0 Å². The van der Waals surface area contributed by atoms with Crippen molar-refractivity contribution >= 4 is 17.7 Å². The summed E-state index contributed by atoms with van der Waals surface area (Å²) in [4.78, 5) is 29.0. The van der Waals surface area contributed by atoms with Crippen LogP contribution in [0.25, 0.3) is 0 Å². The zero-order chi connectivity index (χ0) is 17.6. The molecular formula is C16H23N7O2. The first-order chi connectivity index (χ1) is 12.1. The molecule has 1 unspecified atom stereocenters. The summed E-state index contributed by atoms with van der Waals surface area (Å²) in [5.41, 5.74) is 0.488. The molecule has 9 heteroatoms. The van der Waals surface area contributed by atoms with Crippen molar-refractivity contribution in [3.8, 4) is 0 Å². The fraction of sp³-hybridized carbons (Fsp3) is 0.500. The number of anilines is 3. The number of aryl methyl sites for hydroxylation is 1. The molecule has 0 bridgehead atoms. The SMILES string of the molecule is Cc1cc(=O)[nH]c(NCCNc2nccc(N3CCCC(O)C3)n2)n1. The molecule has 0 aromatic carbocycles. The highest BCUT2D eigenvalue weighted by atomic mass is 16.3. The maximum atomic E-state index is 11.4. The van der Waals surface area contributed by atoms with Crippen molar-refractivity contribution in [2.45, 2.75) is 25.9 Å². The predicted molar refractivity (Wildman–Crippen MR) is 96.1 cm³/mol. The van der Waals surface area contributed by atoms with Gasteiger partial charge in [-0.1, -0.05) is 0 Å². The second-order valence-electron chi connectivity index (χ2n) is 6.07. The quantitative estimate of drug-likeness (QED) is 0.554. The van der Waals surface area contributed by atoms with Crippen molar-refractivity contribution < 1.29 is 5.11 Å². The van der Waals surface area contributed by atoms with Crippen LogP contribution in [0.15, 0.2) is 23.1 Å². The number of β-amino-alcohol motifs (C(OH)–C–C–N with tert-alkyl or cyclic N) is 1. The number of aliphatic hydroxyl groups excluding tert-OH is 1. The lowest BCUT2D eigenvalue weighted by atomic mass is 10.1. The van der Waals surface area contributed by atoms with Crippen molar-refractivity contribution in [3.63, 3.8) is 0 Å². The lowest BCUT2D eigenvalue weighted by Gasteiger charge is -2.31. The molecule has 1 fully saturated rings. The van der Waals surface area contributed by atoms with Crippen LogP contribution in [0.1, 0.15) is 18.5 Å². The van der Waals surface area contributed by atoms with Gasteiger partial charge in [0.1, 0.15) is 5.82 Å². The van der Waals surface area contributed by atoms with E-state index in [1.165, 1.54) is 6.07 Å². The molecule has 3 heterocycles. The minimum atomic E-state index is -0.298. The Kier molecular flexibility index (Phi) is 5.44. The Balaban J connectivity index is 1.51. The van der Waals surface area contributed by atoms with E-state index in [4.69, 9.17) is 0 Å². The second kappa shape index (κ2) is 7.93. The van der Waals surface area contributed by atoms with Crippen molar-refractivity contribution in [1.29, 1.82) is 0 Å². The van der Waals surface area contributed by atoms with E-state index in [2.05, 4.69) is 35.5 Å². The number of hydrogen-bond donors (Lipinski definition) is 4. The van der Waals surface area contributed by atoms with Crippen LogP contribution in [0.5, 0.6) is 0 Å². The van der Waals surface area contributed by atoms with Crippen LogP contribution in [-0.2, 0) is 0 Å². The molecular weight excluding hydrogens is 322 g/mol. The van der Waals surface area contributed by atoms with E-state index in [1.807, 2.05) is 6.07 Å². The number of aromatic amines is 1. The number of aliphatic hydroxyl groups is 1. The van der Waals surface area contributed by atoms with Gasteiger partial charge in [0.05, 0.1) is 6.10 Å². The summed E-state index contributed by atoms with van der Waals surface area (Å²) < 4.78 is 0. The smallest absolute Gasteiger partial charge is 0.252 e. The van der Waals surface area contributed by atoms with Crippen LogP contribution in [0, 0.1) is 6.92 Å². The van der Waals surface area contributed by atoms with Gasteiger partial charge in [-0.2, -0.15) is 4.98 Å². The Hall–Kier alpha value is -2.68. The molecule has 134 valence electrons. The molecule has 1 atom stereocenters. The van der Waals surface area contributed by atoms with Gasteiger partial charge >= 0.3 is 0 Å². The Morgan fingerprint density at radius 1 is 1.36 bits per heavy atom. The Morgan fingerprint density at radius 3 is 3.00 bits per heavy atom. The van der Waals surface area contributed by atoms with Gasteiger partial charge in [-0.25, -0.2) is 9.97 Å². The first kappa shape index (κ1) is 17.2. The topological polar surface area (TPSA) is 119 Å². The molecule has 3 rings (SSSR count). The molecule has 0 radical (unpaired) electrons. The third-order valence-electron chi connectivity index (χ3n) is 3.93. The molecule has 0 saturated carbocycles. The van der Waals surface area contributed by atoms with Crippen molar-refractivity contribution in [2.24, 2.45) is 0 Å². The Morgan fingerprint density at radius 2 is 2.20 bits per heavy atom. The summed E-state index contributed by atoms with van der Waals surface area (Å²) in [5.74, 6) is 1.79. The minimum Gasteiger partial charge on any atom is -0.391 e. The average molecular weight is 345 g/mol. The highest BCUT2D eigenvalue weighted by Crippen LogP contribution is 2.18. The molecule has 1 aliphatic rings. The first-order valence-electron chi connectivity index (χ1n) is 8.42. The van der Waals surface area contributed by atoms with Gasteiger partial charge in [0, 0.05) is 44.1 Å². The summed E-state index contributed by atoms with van der Waals surface area (Å²) in [5, 5.41) is 16.0. The fourth-order valence-corrected chi connectivity index (χ4v) is 2.79.